The maximum atomic E-state index is 5.62. The van der Waals surface area contributed by atoms with E-state index in [0.29, 0.717) is 17.6 Å². The summed E-state index contributed by atoms with van der Waals surface area (Å²) < 4.78 is 5.62. The van der Waals surface area contributed by atoms with Gasteiger partial charge < -0.3 is 15.4 Å². The van der Waals surface area contributed by atoms with Gasteiger partial charge in [0.2, 0.25) is 0 Å². The Hall–Kier alpha value is -2.07. The van der Waals surface area contributed by atoms with E-state index in [9.17, 15) is 0 Å². The number of nitrogens with one attached hydrogen (secondary N) is 2. The Morgan fingerprint density at radius 1 is 1.00 bits per heavy atom. The molecule has 4 heteroatoms. The molecular formula is C19H24N2OS. The maximum absolute atomic E-state index is 5.62. The van der Waals surface area contributed by atoms with E-state index in [2.05, 4.69) is 42.7 Å². The first-order chi connectivity index (χ1) is 11.2. The number of thiocarbonyl (C=S) groups is 1. The van der Waals surface area contributed by atoms with Crippen molar-refractivity contribution in [3.8, 4) is 5.75 Å². The van der Waals surface area contributed by atoms with E-state index in [1.54, 1.807) is 0 Å². The molecule has 0 saturated carbocycles. The number of hydrogen-bond acceptors (Lipinski definition) is 2. The number of hydrogen-bond donors (Lipinski definition) is 2. The lowest BCUT2D eigenvalue weighted by Gasteiger charge is -2.18. The molecule has 1 unspecified atom stereocenters. The van der Waals surface area contributed by atoms with Crippen LogP contribution in [0.2, 0.25) is 0 Å². The van der Waals surface area contributed by atoms with Gasteiger partial charge in [-0.15, -0.1) is 0 Å². The summed E-state index contributed by atoms with van der Waals surface area (Å²) in [5.74, 6) is 1.28. The summed E-state index contributed by atoms with van der Waals surface area (Å²) in [6.45, 7) is 7.00. The van der Waals surface area contributed by atoms with Crippen LogP contribution in [-0.4, -0.2) is 11.7 Å². The van der Waals surface area contributed by atoms with Crippen molar-refractivity contribution in [2.75, 3.05) is 17.2 Å². The summed E-state index contributed by atoms with van der Waals surface area (Å²) in [5.41, 5.74) is 3.19. The summed E-state index contributed by atoms with van der Waals surface area (Å²) in [6.07, 6.45) is 1.09. The Morgan fingerprint density at radius 3 is 2.30 bits per heavy atom. The first kappa shape index (κ1) is 17.3. The topological polar surface area (TPSA) is 33.3 Å². The van der Waals surface area contributed by atoms with Crippen LogP contribution in [0.3, 0.4) is 0 Å². The van der Waals surface area contributed by atoms with Crippen LogP contribution in [-0.2, 0) is 0 Å². The fourth-order valence-electron chi connectivity index (χ4n) is 2.39. The van der Waals surface area contributed by atoms with Crippen molar-refractivity contribution in [2.24, 2.45) is 0 Å². The zero-order valence-electron chi connectivity index (χ0n) is 13.9. The van der Waals surface area contributed by atoms with Crippen molar-refractivity contribution in [1.29, 1.82) is 0 Å². The van der Waals surface area contributed by atoms with Crippen molar-refractivity contribution in [3.63, 3.8) is 0 Å². The van der Waals surface area contributed by atoms with Crippen LogP contribution in [0.15, 0.2) is 48.5 Å². The van der Waals surface area contributed by atoms with Gasteiger partial charge >= 0.3 is 0 Å². The molecule has 0 aliphatic carbocycles. The molecule has 2 rings (SSSR count). The van der Waals surface area contributed by atoms with Gasteiger partial charge in [0.15, 0.2) is 5.11 Å². The first-order valence-corrected chi connectivity index (χ1v) is 8.45. The van der Waals surface area contributed by atoms with Gasteiger partial charge in [-0.25, -0.2) is 0 Å². The van der Waals surface area contributed by atoms with E-state index in [1.165, 1.54) is 5.56 Å². The molecule has 0 fully saturated rings. The minimum absolute atomic E-state index is 0.484. The van der Waals surface area contributed by atoms with Crippen LogP contribution in [0.25, 0.3) is 0 Å². The molecule has 0 bridgehead atoms. The molecule has 3 nitrogen and oxygen atoms in total. The van der Waals surface area contributed by atoms with Crippen molar-refractivity contribution in [3.05, 3.63) is 54.1 Å². The van der Waals surface area contributed by atoms with Gasteiger partial charge in [-0.05, 0) is 55.2 Å². The lowest BCUT2D eigenvalue weighted by atomic mass is 9.97. The van der Waals surface area contributed by atoms with Gasteiger partial charge in [0, 0.05) is 5.69 Å². The van der Waals surface area contributed by atoms with E-state index in [1.807, 2.05) is 37.3 Å². The molecule has 0 spiro atoms. The summed E-state index contributed by atoms with van der Waals surface area (Å²) >= 11 is 5.47. The summed E-state index contributed by atoms with van der Waals surface area (Å²) in [6, 6.07) is 16.1. The Labute approximate surface area is 144 Å². The third-order valence-corrected chi connectivity index (χ3v) is 3.99. The Kier molecular flexibility index (Phi) is 6.41. The Bertz CT molecular complexity index is 657. The standard InChI is InChI=1S/C19H24N2OS/c1-4-14(3)15-10-6-7-11-16(15)20-19(23)21-17-12-8-9-13-18(17)22-5-2/h6-14H,4-5H2,1-3H3,(H2,20,21,23). The highest BCUT2D eigenvalue weighted by Gasteiger charge is 2.10. The van der Waals surface area contributed by atoms with E-state index in [4.69, 9.17) is 17.0 Å². The van der Waals surface area contributed by atoms with E-state index >= 15 is 0 Å². The second kappa shape index (κ2) is 8.53. The monoisotopic (exact) mass is 328 g/mol. The second-order valence-electron chi connectivity index (χ2n) is 5.40. The van der Waals surface area contributed by atoms with E-state index in [-0.39, 0.29) is 0 Å². The lowest BCUT2D eigenvalue weighted by Crippen LogP contribution is -2.20. The fourth-order valence-corrected chi connectivity index (χ4v) is 2.61. The van der Waals surface area contributed by atoms with Crippen molar-refractivity contribution >= 4 is 28.7 Å². The first-order valence-electron chi connectivity index (χ1n) is 8.04. The molecule has 0 heterocycles. The number of ether oxygens (including phenoxy) is 1. The second-order valence-corrected chi connectivity index (χ2v) is 5.81. The van der Waals surface area contributed by atoms with Gasteiger partial charge in [-0.3, -0.25) is 0 Å². The normalized spacial score (nSPS) is 11.6. The van der Waals surface area contributed by atoms with Gasteiger partial charge in [0.25, 0.3) is 0 Å². The molecule has 2 N–H and O–H groups in total. The Balaban J connectivity index is 2.12. The van der Waals surface area contributed by atoms with Gasteiger partial charge in [-0.1, -0.05) is 44.2 Å². The lowest BCUT2D eigenvalue weighted by molar-refractivity contribution is 0.342. The van der Waals surface area contributed by atoms with Crippen LogP contribution < -0.4 is 15.4 Å². The van der Waals surface area contributed by atoms with Crippen LogP contribution in [0, 0.1) is 0 Å². The number of benzene rings is 2. The Morgan fingerprint density at radius 2 is 1.61 bits per heavy atom. The predicted molar refractivity (Wildman–Crippen MR) is 103 cm³/mol. The SMILES string of the molecule is CCOc1ccccc1NC(=S)Nc1ccccc1C(C)CC. The molecule has 23 heavy (non-hydrogen) atoms. The molecule has 0 aliphatic rings. The molecule has 0 aliphatic heterocycles. The van der Waals surface area contributed by atoms with E-state index < -0.39 is 0 Å². The van der Waals surface area contributed by atoms with Gasteiger partial charge in [0.1, 0.15) is 5.75 Å². The van der Waals surface area contributed by atoms with Crippen LogP contribution >= 0.6 is 12.2 Å². The average Bonchev–Trinajstić information content (AvgIpc) is 2.56. The molecule has 2 aromatic carbocycles. The van der Waals surface area contributed by atoms with Crippen molar-refractivity contribution in [2.45, 2.75) is 33.1 Å². The molecule has 0 aromatic heterocycles. The highest BCUT2D eigenvalue weighted by molar-refractivity contribution is 7.80. The third-order valence-electron chi connectivity index (χ3n) is 3.79. The highest BCUT2D eigenvalue weighted by atomic mass is 32.1. The third kappa shape index (κ3) is 4.70. The molecule has 0 radical (unpaired) electrons. The minimum Gasteiger partial charge on any atom is -0.492 e. The summed E-state index contributed by atoms with van der Waals surface area (Å²) in [4.78, 5) is 0. The molecule has 1 atom stereocenters. The highest BCUT2D eigenvalue weighted by Crippen LogP contribution is 2.27. The van der Waals surface area contributed by atoms with Crippen molar-refractivity contribution in [1.82, 2.24) is 0 Å². The molecular weight excluding hydrogens is 304 g/mol. The number of anilines is 2. The van der Waals surface area contributed by atoms with E-state index in [0.717, 1.165) is 23.5 Å². The number of rotatable bonds is 6. The van der Waals surface area contributed by atoms with Crippen molar-refractivity contribution < 1.29 is 4.74 Å². The number of para-hydroxylation sites is 3. The predicted octanol–water partition coefficient (Wildman–Crippen LogP) is 5.41. The molecule has 0 amide bonds. The largest absolute Gasteiger partial charge is 0.492 e. The molecule has 122 valence electrons. The fraction of sp³-hybridized carbons (Fsp3) is 0.316. The zero-order chi connectivity index (χ0) is 16.7. The van der Waals surface area contributed by atoms with Crippen LogP contribution in [0.4, 0.5) is 11.4 Å². The quantitative estimate of drug-likeness (QED) is 0.695. The average molecular weight is 328 g/mol. The minimum atomic E-state index is 0.484. The van der Waals surface area contributed by atoms with Crippen LogP contribution in [0.1, 0.15) is 38.7 Å². The summed E-state index contributed by atoms with van der Waals surface area (Å²) in [5, 5.41) is 7.09. The van der Waals surface area contributed by atoms with Gasteiger partial charge in [-0.2, -0.15) is 0 Å². The smallest absolute Gasteiger partial charge is 0.175 e. The zero-order valence-corrected chi connectivity index (χ0v) is 14.7. The van der Waals surface area contributed by atoms with Gasteiger partial charge in [0.05, 0.1) is 12.3 Å². The molecule has 0 saturated heterocycles. The summed E-state index contributed by atoms with van der Waals surface area (Å²) in [7, 11) is 0. The van der Waals surface area contributed by atoms with Crippen LogP contribution in [0.5, 0.6) is 5.75 Å². The molecule has 2 aromatic rings. The maximum Gasteiger partial charge on any atom is 0.175 e.